The highest BCUT2D eigenvalue weighted by Gasteiger charge is 2.21. The molecule has 1 aromatic rings. The van der Waals surface area contributed by atoms with Gasteiger partial charge in [0.2, 0.25) is 5.91 Å². The van der Waals surface area contributed by atoms with Crippen LogP contribution in [0.2, 0.25) is 5.02 Å². The van der Waals surface area contributed by atoms with Gasteiger partial charge in [0.15, 0.2) is 11.5 Å². The van der Waals surface area contributed by atoms with Crippen LogP contribution in [0.3, 0.4) is 0 Å². The number of hydrogen-bond donors (Lipinski definition) is 2. The normalized spacial score (nSPS) is 11.2. The molecule has 0 radical (unpaired) electrons. The summed E-state index contributed by atoms with van der Waals surface area (Å²) < 4.78 is 10.4. The third-order valence-corrected chi connectivity index (χ3v) is 3.35. The average molecular weight is 301 g/mol. The molecule has 112 valence electrons. The summed E-state index contributed by atoms with van der Waals surface area (Å²) in [6.07, 6.45) is 0.248. The maximum atomic E-state index is 11.0. The van der Waals surface area contributed by atoms with Crippen LogP contribution in [0.15, 0.2) is 12.1 Å². The zero-order valence-electron chi connectivity index (χ0n) is 12.2. The zero-order chi connectivity index (χ0) is 15.3. The van der Waals surface area contributed by atoms with Gasteiger partial charge >= 0.3 is 0 Å². The molecule has 0 bridgehead atoms. The van der Waals surface area contributed by atoms with Crippen molar-refractivity contribution in [2.24, 2.45) is 5.73 Å². The number of carbonyl (C=O) groups is 1. The minimum atomic E-state index is -0.400. The summed E-state index contributed by atoms with van der Waals surface area (Å²) in [6.45, 7) is 4.32. The van der Waals surface area contributed by atoms with E-state index in [1.807, 2.05) is 19.9 Å². The molecule has 0 spiro atoms. The summed E-state index contributed by atoms with van der Waals surface area (Å²) >= 11 is 6.29. The smallest absolute Gasteiger partial charge is 0.219 e. The lowest BCUT2D eigenvalue weighted by molar-refractivity contribution is -0.119. The number of ether oxygens (including phenoxy) is 2. The second-order valence-electron chi connectivity index (χ2n) is 5.15. The van der Waals surface area contributed by atoms with Gasteiger partial charge < -0.3 is 20.5 Å². The van der Waals surface area contributed by atoms with E-state index >= 15 is 0 Å². The monoisotopic (exact) mass is 300 g/mol. The Morgan fingerprint density at radius 1 is 1.35 bits per heavy atom. The van der Waals surface area contributed by atoms with E-state index in [1.54, 1.807) is 13.2 Å². The molecule has 20 heavy (non-hydrogen) atoms. The third-order valence-electron chi connectivity index (χ3n) is 2.94. The van der Waals surface area contributed by atoms with Gasteiger partial charge in [-0.25, -0.2) is 0 Å². The Labute approximate surface area is 124 Å². The summed E-state index contributed by atoms with van der Waals surface area (Å²) in [5, 5.41) is 3.75. The molecule has 1 amide bonds. The molecule has 5 nitrogen and oxygen atoms in total. The van der Waals surface area contributed by atoms with Gasteiger partial charge in [-0.15, -0.1) is 0 Å². The first-order chi connectivity index (χ1) is 9.30. The number of benzene rings is 1. The fourth-order valence-corrected chi connectivity index (χ4v) is 2.20. The minimum Gasteiger partial charge on any atom is -0.493 e. The van der Waals surface area contributed by atoms with Gasteiger partial charge in [-0.2, -0.15) is 0 Å². The topological polar surface area (TPSA) is 73.6 Å². The molecule has 0 heterocycles. The van der Waals surface area contributed by atoms with Crippen LogP contribution in [-0.2, 0) is 11.3 Å². The molecule has 0 aliphatic heterocycles. The van der Waals surface area contributed by atoms with Crippen molar-refractivity contribution in [2.45, 2.75) is 32.4 Å². The van der Waals surface area contributed by atoms with Crippen molar-refractivity contribution in [3.05, 3.63) is 22.7 Å². The molecular formula is C14H21ClN2O3. The van der Waals surface area contributed by atoms with Crippen LogP contribution in [0.5, 0.6) is 11.5 Å². The van der Waals surface area contributed by atoms with E-state index in [2.05, 4.69) is 5.32 Å². The predicted octanol–water partition coefficient (Wildman–Crippen LogP) is 2.10. The van der Waals surface area contributed by atoms with Crippen molar-refractivity contribution < 1.29 is 14.3 Å². The first kappa shape index (κ1) is 16.6. The van der Waals surface area contributed by atoms with E-state index in [-0.39, 0.29) is 12.3 Å². The summed E-state index contributed by atoms with van der Waals surface area (Å²) in [5.74, 6) is 0.736. The number of rotatable bonds is 7. The van der Waals surface area contributed by atoms with Crippen LogP contribution in [0.1, 0.15) is 25.8 Å². The van der Waals surface area contributed by atoms with Crippen molar-refractivity contribution in [1.29, 1.82) is 0 Å². The second kappa shape index (κ2) is 6.81. The van der Waals surface area contributed by atoms with Gasteiger partial charge in [-0.3, -0.25) is 4.79 Å². The summed E-state index contributed by atoms with van der Waals surface area (Å²) in [5.41, 5.74) is 5.68. The Hall–Kier alpha value is -1.46. The van der Waals surface area contributed by atoms with Gasteiger partial charge in [0.05, 0.1) is 19.2 Å². The number of nitrogens with one attached hydrogen (secondary N) is 1. The van der Waals surface area contributed by atoms with E-state index in [4.69, 9.17) is 26.8 Å². The van der Waals surface area contributed by atoms with Crippen LogP contribution in [-0.4, -0.2) is 25.7 Å². The quantitative estimate of drug-likeness (QED) is 0.809. The lowest BCUT2D eigenvalue weighted by Crippen LogP contribution is -2.42. The molecule has 0 aliphatic carbocycles. The van der Waals surface area contributed by atoms with Crippen LogP contribution < -0.4 is 20.5 Å². The highest BCUT2D eigenvalue weighted by atomic mass is 35.5. The van der Waals surface area contributed by atoms with Gasteiger partial charge in [0.25, 0.3) is 0 Å². The maximum Gasteiger partial charge on any atom is 0.219 e. The molecule has 0 fully saturated rings. The number of carbonyl (C=O) groups excluding carboxylic acids is 1. The molecule has 0 aliphatic rings. The van der Waals surface area contributed by atoms with Crippen molar-refractivity contribution in [3.8, 4) is 11.5 Å². The highest BCUT2D eigenvalue weighted by Crippen LogP contribution is 2.37. The molecule has 6 heteroatoms. The number of hydrogen-bond acceptors (Lipinski definition) is 4. The molecule has 1 aromatic carbocycles. The summed E-state index contributed by atoms with van der Waals surface area (Å²) in [4.78, 5) is 11.0. The minimum absolute atomic E-state index is 0.248. The first-order valence-electron chi connectivity index (χ1n) is 6.23. The van der Waals surface area contributed by atoms with Crippen LogP contribution >= 0.6 is 11.6 Å². The molecule has 0 unspecified atom stereocenters. The lowest BCUT2D eigenvalue weighted by atomic mass is 10.00. The number of methoxy groups -OCH3 is 2. The Morgan fingerprint density at radius 3 is 2.50 bits per heavy atom. The van der Waals surface area contributed by atoms with E-state index < -0.39 is 5.54 Å². The lowest BCUT2D eigenvalue weighted by Gasteiger charge is -2.25. The average Bonchev–Trinajstić information content (AvgIpc) is 2.35. The van der Waals surface area contributed by atoms with Crippen LogP contribution in [0, 0.1) is 0 Å². The second-order valence-corrected chi connectivity index (χ2v) is 5.53. The summed E-state index contributed by atoms with van der Waals surface area (Å²) in [6, 6.07) is 3.65. The molecule has 0 atom stereocenters. The number of amides is 1. The van der Waals surface area contributed by atoms with E-state index in [0.29, 0.717) is 23.1 Å². The van der Waals surface area contributed by atoms with Crippen molar-refractivity contribution >= 4 is 17.5 Å². The predicted molar refractivity (Wildman–Crippen MR) is 79.3 cm³/mol. The van der Waals surface area contributed by atoms with Gasteiger partial charge in [-0.1, -0.05) is 17.7 Å². The van der Waals surface area contributed by atoms with E-state index in [0.717, 1.165) is 5.56 Å². The Balaban J connectivity index is 2.86. The Bertz CT molecular complexity index is 490. The maximum absolute atomic E-state index is 11.0. The molecule has 0 aromatic heterocycles. The van der Waals surface area contributed by atoms with Crippen molar-refractivity contribution in [2.75, 3.05) is 14.2 Å². The Kier molecular flexibility index (Phi) is 5.65. The molecule has 0 saturated carbocycles. The van der Waals surface area contributed by atoms with Crippen LogP contribution in [0.25, 0.3) is 0 Å². The van der Waals surface area contributed by atoms with Crippen LogP contribution in [0.4, 0.5) is 0 Å². The largest absolute Gasteiger partial charge is 0.493 e. The molecule has 1 rings (SSSR count). The number of nitrogens with two attached hydrogens (primary N) is 1. The Morgan fingerprint density at radius 2 is 2.00 bits per heavy atom. The SMILES string of the molecule is COc1ccc(CNC(C)(C)CC(N)=O)c(Cl)c1OC. The van der Waals surface area contributed by atoms with E-state index in [1.165, 1.54) is 7.11 Å². The standard InChI is InChI=1S/C14H21ClN2O3/c1-14(2,7-11(16)18)17-8-9-5-6-10(19-3)13(20-4)12(9)15/h5-6,17H,7-8H2,1-4H3,(H2,16,18). The van der Waals surface area contributed by atoms with Gasteiger partial charge in [-0.05, 0) is 25.5 Å². The third kappa shape index (κ3) is 4.28. The molecule has 0 saturated heterocycles. The van der Waals surface area contributed by atoms with Gasteiger partial charge in [0, 0.05) is 18.5 Å². The number of primary amides is 1. The van der Waals surface area contributed by atoms with Crippen molar-refractivity contribution in [3.63, 3.8) is 0 Å². The zero-order valence-corrected chi connectivity index (χ0v) is 13.0. The highest BCUT2D eigenvalue weighted by molar-refractivity contribution is 6.33. The van der Waals surface area contributed by atoms with Crippen molar-refractivity contribution in [1.82, 2.24) is 5.32 Å². The fourth-order valence-electron chi connectivity index (χ4n) is 1.90. The first-order valence-corrected chi connectivity index (χ1v) is 6.61. The molecule has 3 N–H and O–H groups in total. The molecular weight excluding hydrogens is 280 g/mol. The van der Waals surface area contributed by atoms with Gasteiger partial charge in [0.1, 0.15) is 0 Å². The summed E-state index contributed by atoms with van der Waals surface area (Å²) in [7, 11) is 3.10. The van der Waals surface area contributed by atoms with E-state index in [9.17, 15) is 4.79 Å². The fraction of sp³-hybridized carbons (Fsp3) is 0.500. The number of halogens is 1.